The van der Waals surface area contributed by atoms with Gasteiger partial charge >= 0.3 is 6.18 Å². The number of benzene rings is 1. The molecule has 0 fully saturated rings. The fourth-order valence-electron chi connectivity index (χ4n) is 2.60. The average Bonchev–Trinajstić information content (AvgIpc) is 3.11. The number of rotatable bonds is 7. The molecular formula is C20H28F3N5O. The van der Waals surface area contributed by atoms with Gasteiger partial charge in [-0.05, 0) is 45.4 Å². The quantitative estimate of drug-likeness (QED) is 0.537. The van der Waals surface area contributed by atoms with Gasteiger partial charge in [-0.3, -0.25) is 0 Å². The number of ether oxygens (including phenoxy) is 1. The molecular weight excluding hydrogens is 383 g/mol. The van der Waals surface area contributed by atoms with Crippen LogP contribution < -0.4 is 15.4 Å². The van der Waals surface area contributed by atoms with Crippen LogP contribution in [0.5, 0.6) is 5.75 Å². The van der Waals surface area contributed by atoms with Crippen LogP contribution in [0.2, 0.25) is 0 Å². The lowest BCUT2D eigenvalue weighted by molar-refractivity contribution is -0.138. The van der Waals surface area contributed by atoms with Crippen LogP contribution in [0.3, 0.4) is 0 Å². The number of nitrogens with zero attached hydrogens (tertiary/aromatic N) is 3. The van der Waals surface area contributed by atoms with Crippen LogP contribution in [0, 0.1) is 0 Å². The molecule has 0 aliphatic heterocycles. The zero-order valence-corrected chi connectivity index (χ0v) is 17.2. The molecule has 0 unspecified atom stereocenters. The van der Waals surface area contributed by atoms with E-state index in [2.05, 4.69) is 20.6 Å². The summed E-state index contributed by atoms with van der Waals surface area (Å²) in [5.41, 5.74) is -1.23. The predicted octanol–water partition coefficient (Wildman–Crippen LogP) is 3.83. The van der Waals surface area contributed by atoms with Gasteiger partial charge in [-0.15, -0.1) is 0 Å². The van der Waals surface area contributed by atoms with Gasteiger partial charge in [-0.2, -0.15) is 13.2 Å². The standard InChI is InChI=1S/C20H28F3N5O/c1-5-25-18(26-9-11-28-10-8-24-14-28)27-13-15-6-7-16(29-19(2,3)4)12-17(15)20(21,22)23/h6-8,10,12,14H,5,9,11,13H2,1-4H3,(H2,25,26,27). The molecule has 1 heterocycles. The van der Waals surface area contributed by atoms with Crippen molar-refractivity contribution in [3.8, 4) is 5.75 Å². The Labute approximate surface area is 169 Å². The normalized spacial score (nSPS) is 12.7. The molecule has 0 atom stereocenters. The maximum atomic E-state index is 13.5. The van der Waals surface area contributed by atoms with E-state index in [9.17, 15) is 13.2 Å². The Kier molecular flexibility index (Phi) is 7.53. The topological polar surface area (TPSA) is 63.5 Å². The van der Waals surface area contributed by atoms with Gasteiger partial charge in [-0.25, -0.2) is 9.98 Å². The number of hydrogen-bond acceptors (Lipinski definition) is 3. The highest BCUT2D eigenvalue weighted by Crippen LogP contribution is 2.35. The van der Waals surface area contributed by atoms with E-state index in [0.29, 0.717) is 25.6 Å². The van der Waals surface area contributed by atoms with Gasteiger partial charge < -0.3 is 19.9 Å². The Bertz CT molecular complexity index is 795. The van der Waals surface area contributed by atoms with Crippen molar-refractivity contribution in [2.75, 3.05) is 13.1 Å². The number of aromatic nitrogens is 2. The van der Waals surface area contributed by atoms with E-state index in [-0.39, 0.29) is 17.9 Å². The van der Waals surface area contributed by atoms with Crippen molar-refractivity contribution in [1.29, 1.82) is 0 Å². The fourth-order valence-corrected chi connectivity index (χ4v) is 2.60. The Morgan fingerprint density at radius 1 is 1.21 bits per heavy atom. The largest absolute Gasteiger partial charge is 0.488 e. The third-order valence-corrected chi connectivity index (χ3v) is 3.78. The Hall–Kier alpha value is -2.71. The summed E-state index contributed by atoms with van der Waals surface area (Å²) in [5, 5.41) is 6.16. The van der Waals surface area contributed by atoms with E-state index in [4.69, 9.17) is 4.74 Å². The first-order chi connectivity index (χ1) is 13.6. The summed E-state index contributed by atoms with van der Waals surface area (Å²) in [4.78, 5) is 8.28. The van der Waals surface area contributed by atoms with Crippen LogP contribution in [0.1, 0.15) is 38.8 Å². The molecule has 0 spiro atoms. The molecule has 1 aromatic heterocycles. The highest BCUT2D eigenvalue weighted by molar-refractivity contribution is 5.79. The van der Waals surface area contributed by atoms with Crippen molar-refractivity contribution in [3.05, 3.63) is 48.0 Å². The van der Waals surface area contributed by atoms with Crippen molar-refractivity contribution in [1.82, 2.24) is 20.2 Å². The number of nitrogens with one attached hydrogen (secondary N) is 2. The van der Waals surface area contributed by atoms with Crippen LogP contribution in [0.25, 0.3) is 0 Å². The molecule has 1 aromatic carbocycles. The third-order valence-electron chi connectivity index (χ3n) is 3.78. The molecule has 0 saturated carbocycles. The first-order valence-electron chi connectivity index (χ1n) is 9.45. The number of aliphatic imine (C=N–C) groups is 1. The number of imidazole rings is 1. The summed E-state index contributed by atoms with van der Waals surface area (Å²) in [6.07, 6.45) is 0.728. The lowest BCUT2D eigenvalue weighted by atomic mass is 10.1. The minimum atomic E-state index is -4.49. The molecule has 0 amide bonds. The molecule has 2 N–H and O–H groups in total. The van der Waals surface area contributed by atoms with Gasteiger partial charge in [0.05, 0.1) is 18.4 Å². The maximum absolute atomic E-state index is 13.5. The van der Waals surface area contributed by atoms with E-state index in [1.165, 1.54) is 6.07 Å². The first kappa shape index (κ1) is 22.6. The van der Waals surface area contributed by atoms with Crippen LogP contribution in [0.15, 0.2) is 41.9 Å². The summed E-state index contributed by atoms with van der Waals surface area (Å²) in [7, 11) is 0. The second-order valence-corrected chi connectivity index (χ2v) is 7.45. The highest BCUT2D eigenvalue weighted by Gasteiger charge is 2.34. The van der Waals surface area contributed by atoms with Gasteiger partial charge in [0.15, 0.2) is 5.96 Å². The lowest BCUT2D eigenvalue weighted by Crippen LogP contribution is -2.38. The predicted molar refractivity (Wildman–Crippen MR) is 107 cm³/mol. The van der Waals surface area contributed by atoms with Gasteiger partial charge in [-0.1, -0.05) is 6.07 Å². The molecule has 0 aliphatic rings. The summed E-state index contributed by atoms with van der Waals surface area (Å²) in [5.74, 6) is 0.638. The summed E-state index contributed by atoms with van der Waals surface area (Å²) < 4.78 is 48.1. The van der Waals surface area contributed by atoms with Crippen molar-refractivity contribution in [2.45, 2.75) is 52.6 Å². The number of guanidine groups is 1. The van der Waals surface area contributed by atoms with Gasteiger partial charge in [0.1, 0.15) is 11.4 Å². The fraction of sp³-hybridized carbons (Fsp3) is 0.500. The Morgan fingerprint density at radius 2 is 1.97 bits per heavy atom. The van der Waals surface area contributed by atoms with Crippen molar-refractivity contribution >= 4 is 5.96 Å². The molecule has 2 aromatic rings. The molecule has 0 bridgehead atoms. The molecule has 0 radical (unpaired) electrons. The number of hydrogen-bond donors (Lipinski definition) is 2. The minimum absolute atomic E-state index is 0.0885. The lowest BCUT2D eigenvalue weighted by Gasteiger charge is -2.22. The smallest absolute Gasteiger partial charge is 0.416 e. The van der Waals surface area contributed by atoms with Crippen LogP contribution in [0.4, 0.5) is 13.2 Å². The monoisotopic (exact) mass is 411 g/mol. The average molecular weight is 411 g/mol. The molecule has 0 saturated heterocycles. The molecule has 0 aliphatic carbocycles. The van der Waals surface area contributed by atoms with E-state index < -0.39 is 17.3 Å². The SMILES string of the molecule is CCNC(=NCc1ccc(OC(C)(C)C)cc1C(F)(F)F)NCCn1ccnc1. The van der Waals surface area contributed by atoms with Crippen molar-refractivity contribution < 1.29 is 17.9 Å². The van der Waals surface area contributed by atoms with Crippen LogP contribution >= 0.6 is 0 Å². The van der Waals surface area contributed by atoms with Crippen LogP contribution in [-0.4, -0.2) is 34.2 Å². The summed E-state index contributed by atoms with van der Waals surface area (Å²) >= 11 is 0. The van der Waals surface area contributed by atoms with Gasteiger partial charge in [0.2, 0.25) is 0 Å². The second-order valence-electron chi connectivity index (χ2n) is 7.45. The van der Waals surface area contributed by atoms with E-state index in [1.54, 1.807) is 39.4 Å². The van der Waals surface area contributed by atoms with Crippen molar-refractivity contribution in [3.63, 3.8) is 0 Å². The zero-order valence-electron chi connectivity index (χ0n) is 17.2. The highest BCUT2D eigenvalue weighted by atomic mass is 19.4. The molecule has 2 rings (SSSR count). The van der Waals surface area contributed by atoms with Crippen molar-refractivity contribution in [2.24, 2.45) is 4.99 Å². The Morgan fingerprint density at radius 3 is 2.55 bits per heavy atom. The molecule has 6 nitrogen and oxygen atoms in total. The summed E-state index contributed by atoms with van der Waals surface area (Å²) in [6.45, 7) is 8.98. The Balaban J connectivity index is 2.13. The van der Waals surface area contributed by atoms with Crippen LogP contribution in [-0.2, 0) is 19.3 Å². The summed E-state index contributed by atoms with van der Waals surface area (Å²) in [6, 6.07) is 4.00. The number of alkyl halides is 3. The van der Waals surface area contributed by atoms with Gasteiger partial charge in [0.25, 0.3) is 0 Å². The maximum Gasteiger partial charge on any atom is 0.416 e. The molecule has 9 heteroatoms. The third kappa shape index (κ3) is 7.67. The van der Waals surface area contributed by atoms with Gasteiger partial charge in [0, 0.05) is 32.0 Å². The zero-order chi connectivity index (χ0) is 21.5. The van der Waals surface area contributed by atoms with E-state index in [1.807, 2.05) is 17.7 Å². The first-order valence-corrected chi connectivity index (χ1v) is 9.45. The van der Waals surface area contributed by atoms with E-state index >= 15 is 0 Å². The minimum Gasteiger partial charge on any atom is -0.488 e. The molecule has 29 heavy (non-hydrogen) atoms. The van der Waals surface area contributed by atoms with E-state index in [0.717, 1.165) is 6.07 Å². The molecule has 160 valence electrons. The number of halogens is 3. The second kappa shape index (κ2) is 9.67.